The first-order valence-electron chi connectivity index (χ1n) is 4.46. The van der Waals surface area contributed by atoms with Gasteiger partial charge < -0.3 is 10.1 Å². The molecule has 2 aromatic rings. The summed E-state index contributed by atoms with van der Waals surface area (Å²) in [5, 5.41) is 14.4. The van der Waals surface area contributed by atoms with Gasteiger partial charge in [0.15, 0.2) is 10.6 Å². The second-order valence-electron chi connectivity index (χ2n) is 3.02. The van der Waals surface area contributed by atoms with E-state index in [-0.39, 0.29) is 5.69 Å². The first kappa shape index (κ1) is 10.6. The fourth-order valence-electron chi connectivity index (χ4n) is 1.35. The number of nitro groups is 1. The van der Waals surface area contributed by atoms with E-state index in [0.717, 1.165) is 4.70 Å². The average molecular weight is 239 g/mol. The number of non-ortho nitro benzene ring substituents is 1. The summed E-state index contributed by atoms with van der Waals surface area (Å²) in [5.41, 5.74) is 0.354. The minimum absolute atomic E-state index is 0.0351. The van der Waals surface area contributed by atoms with Crippen molar-refractivity contribution in [1.82, 2.24) is 4.98 Å². The molecular weight excluding hydrogens is 230 g/mol. The molecule has 16 heavy (non-hydrogen) atoms. The SMILES string of the molecule is CNc1nc2c([N+](=O)[O-])cc(OC)cc2s1. The van der Waals surface area contributed by atoms with Crippen molar-refractivity contribution in [2.24, 2.45) is 0 Å². The summed E-state index contributed by atoms with van der Waals surface area (Å²) in [7, 11) is 3.20. The minimum Gasteiger partial charge on any atom is -0.496 e. The maximum absolute atomic E-state index is 10.9. The predicted octanol–water partition coefficient (Wildman–Crippen LogP) is 2.25. The molecule has 2 rings (SSSR count). The molecule has 0 aliphatic heterocycles. The Morgan fingerprint density at radius 3 is 2.88 bits per heavy atom. The molecule has 84 valence electrons. The normalized spacial score (nSPS) is 10.4. The van der Waals surface area contributed by atoms with Crippen molar-refractivity contribution in [2.75, 3.05) is 19.5 Å². The number of benzene rings is 1. The zero-order chi connectivity index (χ0) is 11.7. The Hall–Kier alpha value is -1.89. The first-order chi connectivity index (χ1) is 7.65. The van der Waals surface area contributed by atoms with E-state index in [1.807, 2.05) is 0 Å². The molecule has 0 radical (unpaired) electrons. The number of ether oxygens (including phenoxy) is 1. The summed E-state index contributed by atoms with van der Waals surface area (Å²) >= 11 is 1.35. The Morgan fingerprint density at radius 2 is 2.31 bits per heavy atom. The number of nitrogens with one attached hydrogen (secondary N) is 1. The van der Waals surface area contributed by atoms with E-state index in [9.17, 15) is 10.1 Å². The third kappa shape index (κ3) is 1.65. The molecule has 0 spiro atoms. The van der Waals surface area contributed by atoms with Crippen LogP contribution >= 0.6 is 11.3 Å². The fourth-order valence-corrected chi connectivity index (χ4v) is 2.22. The third-order valence-corrected chi connectivity index (χ3v) is 3.11. The summed E-state index contributed by atoms with van der Waals surface area (Å²) in [6.07, 6.45) is 0. The number of hydrogen-bond acceptors (Lipinski definition) is 6. The van der Waals surface area contributed by atoms with Gasteiger partial charge in [-0.15, -0.1) is 0 Å². The summed E-state index contributed by atoms with van der Waals surface area (Å²) in [6.45, 7) is 0. The summed E-state index contributed by atoms with van der Waals surface area (Å²) in [6, 6.07) is 3.11. The van der Waals surface area contributed by atoms with E-state index in [4.69, 9.17) is 4.74 Å². The molecule has 1 heterocycles. The number of anilines is 1. The molecule has 1 aromatic carbocycles. The van der Waals surface area contributed by atoms with Gasteiger partial charge in [-0.05, 0) is 0 Å². The molecule has 0 fully saturated rings. The number of methoxy groups -OCH3 is 1. The van der Waals surface area contributed by atoms with Crippen LogP contribution in [0.1, 0.15) is 0 Å². The van der Waals surface area contributed by atoms with E-state index in [1.54, 1.807) is 13.1 Å². The second kappa shape index (κ2) is 3.93. The summed E-state index contributed by atoms with van der Waals surface area (Å²) in [4.78, 5) is 14.6. The molecule has 0 bridgehead atoms. The fraction of sp³-hybridized carbons (Fsp3) is 0.222. The van der Waals surface area contributed by atoms with Gasteiger partial charge in [-0.1, -0.05) is 11.3 Å². The van der Waals surface area contributed by atoms with Gasteiger partial charge in [0, 0.05) is 13.1 Å². The molecular formula is C9H9N3O3S. The van der Waals surface area contributed by atoms with Crippen LogP contribution in [-0.4, -0.2) is 24.1 Å². The molecule has 7 heteroatoms. The Balaban J connectivity index is 2.74. The largest absolute Gasteiger partial charge is 0.496 e. The van der Waals surface area contributed by atoms with Crippen LogP contribution in [0.25, 0.3) is 10.2 Å². The lowest BCUT2D eigenvalue weighted by Gasteiger charge is -1.99. The van der Waals surface area contributed by atoms with E-state index >= 15 is 0 Å². The van der Waals surface area contributed by atoms with Crippen LogP contribution in [0.5, 0.6) is 5.75 Å². The Bertz CT molecular complexity index is 552. The maximum atomic E-state index is 10.9. The van der Waals surface area contributed by atoms with Crippen LogP contribution in [0.3, 0.4) is 0 Å². The lowest BCUT2D eigenvalue weighted by Crippen LogP contribution is -1.92. The number of nitro benzene ring substituents is 1. The topological polar surface area (TPSA) is 77.3 Å². The van der Waals surface area contributed by atoms with Crippen LogP contribution in [-0.2, 0) is 0 Å². The van der Waals surface area contributed by atoms with Crippen molar-refractivity contribution >= 4 is 32.4 Å². The number of rotatable bonds is 3. The van der Waals surface area contributed by atoms with Crippen LogP contribution in [0.4, 0.5) is 10.8 Å². The highest BCUT2D eigenvalue weighted by atomic mass is 32.1. The summed E-state index contributed by atoms with van der Waals surface area (Å²) in [5.74, 6) is 0.463. The zero-order valence-corrected chi connectivity index (χ0v) is 9.50. The van der Waals surface area contributed by atoms with Crippen LogP contribution in [0.15, 0.2) is 12.1 Å². The average Bonchev–Trinajstić information content (AvgIpc) is 2.69. The highest BCUT2D eigenvalue weighted by Gasteiger charge is 2.18. The molecule has 0 saturated heterocycles. The highest BCUT2D eigenvalue weighted by molar-refractivity contribution is 7.22. The van der Waals surface area contributed by atoms with Crippen LogP contribution in [0, 0.1) is 10.1 Å². The van der Waals surface area contributed by atoms with Crippen molar-refractivity contribution < 1.29 is 9.66 Å². The second-order valence-corrected chi connectivity index (χ2v) is 4.05. The maximum Gasteiger partial charge on any atom is 0.300 e. The quantitative estimate of drug-likeness (QED) is 0.656. The number of hydrogen-bond donors (Lipinski definition) is 1. The standard InChI is InChI=1S/C9H9N3O3S/c1-10-9-11-8-6(12(13)14)3-5(15-2)4-7(8)16-9/h3-4H,1-2H3,(H,10,11). The lowest BCUT2D eigenvalue weighted by atomic mass is 10.3. The van der Waals surface area contributed by atoms with Crippen LogP contribution in [0.2, 0.25) is 0 Å². The van der Waals surface area contributed by atoms with Crippen molar-refractivity contribution in [1.29, 1.82) is 0 Å². The van der Waals surface area contributed by atoms with Gasteiger partial charge in [0.2, 0.25) is 0 Å². The third-order valence-electron chi connectivity index (χ3n) is 2.09. The number of nitrogens with zero attached hydrogens (tertiary/aromatic N) is 2. The van der Waals surface area contributed by atoms with Gasteiger partial charge in [-0.2, -0.15) is 0 Å². The molecule has 0 unspecified atom stereocenters. The van der Waals surface area contributed by atoms with Crippen molar-refractivity contribution in [3.05, 3.63) is 22.2 Å². The monoisotopic (exact) mass is 239 g/mol. The summed E-state index contributed by atoms with van der Waals surface area (Å²) < 4.78 is 5.74. The van der Waals surface area contributed by atoms with Gasteiger partial charge >= 0.3 is 0 Å². The van der Waals surface area contributed by atoms with Gasteiger partial charge in [0.05, 0.1) is 22.8 Å². The number of fused-ring (bicyclic) bond motifs is 1. The Labute approximate surface area is 95.0 Å². The van der Waals surface area contributed by atoms with Crippen molar-refractivity contribution in [3.63, 3.8) is 0 Å². The van der Waals surface area contributed by atoms with E-state index < -0.39 is 4.92 Å². The Morgan fingerprint density at radius 1 is 1.56 bits per heavy atom. The molecule has 0 aliphatic carbocycles. The van der Waals surface area contributed by atoms with E-state index in [0.29, 0.717) is 16.4 Å². The molecule has 6 nitrogen and oxygen atoms in total. The van der Waals surface area contributed by atoms with Gasteiger partial charge in [-0.3, -0.25) is 10.1 Å². The van der Waals surface area contributed by atoms with Crippen LogP contribution < -0.4 is 10.1 Å². The number of thiazole rings is 1. The molecule has 1 N–H and O–H groups in total. The van der Waals surface area contributed by atoms with Gasteiger partial charge in [-0.25, -0.2) is 4.98 Å². The molecule has 1 aromatic heterocycles. The van der Waals surface area contributed by atoms with E-state index in [1.165, 1.54) is 24.5 Å². The number of aromatic nitrogens is 1. The predicted molar refractivity (Wildman–Crippen MR) is 62.4 cm³/mol. The molecule has 0 aliphatic rings. The van der Waals surface area contributed by atoms with Gasteiger partial charge in [0.1, 0.15) is 5.75 Å². The smallest absolute Gasteiger partial charge is 0.300 e. The first-order valence-corrected chi connectivity index (χ1v) is 5.28. The van der Waals surface area contributed by atoms with Crippen molar-refractivity contribution in [3.8, 4) is 5.75 Å². The molecule has 0 amide bonds. The van der Waals surface area contributed by atoms with E-state index in [2.05, 4.69) is 10.3 Å². The lowest BCUT2D eigenvalue weighted by molar-refractivity contribution is -0.383. The Kier molecular flexibility index (Phi) is 2.61. The van der Waals surface area contributed by atoms with Gasteiger partial charge in [0.25, 0.3) is 5.69 Å². The zero-order valence-electron chi connectivity index (χ0n) is 8.68. The highest BCUT2D eigenvalue weighted by Crippen LogP contribution is 2.35. The molecule has 0 atom stereocenters. The van der Waals surface area contributed by atoms with Crippen molar-refractivity contribution in [2.45, 2.75) is 0 Å². The minimum atomic E-state index is -0.454. The molecule has 0 saturated carbocycles.